The van der Waals surface area contributed by atoms with E-state index in [4.69, 9.17) is 13.3 Å². The molecule has 0 spiro atoms. The fourth-order valence-electron chi connectivity index (χ4n) is 1.55. The van der Waals surface area contributed by atoms with Crippen molar-refractivity contribution in [3.05, 3.63) is 0 Å². The molecule has 0 aliphatic rings. The van der Waals surface area contributed by atoms with Gasteiger partial charge in [0.25, 0.3) is 0 Å². The molecule has 0 heterocycles. The fourth-order valence-corrected chi connectivity index (χ4v) is 6.64. The van der Waals surface area contributed by atoms with Gasteiger partial charge in [-0.05, 0) is 33.6 Å². The van der Waals surface area contributed by atoms with Crippen LogP contribution in [0.4, 0.5) is 0 Å². The quantitative estimate of drug-likeness (QED) is 0.288. The molecule has 0 N–H and O–H groups in total. The largest absolute Gasteiger partial charge is 0.500 e. The molecule has 0 radical (unpaired) electrons. The first-order chi connectivity index (χ1) is 8.74. The summed E-state index contributed by atoms with van der Waals surface area (Å²) in [6.07, 6.45) is 2.35. The lowest BCUT2D eigenvalue weighted by Crippen LogP contribution is -2.46. The van der Waals surface area contributed by atoms with Crippen LogP contribution in [-0.4, -0.2) is 40.1 Å². The van der Waals surface area contributed by atoms with Crippen molar-refractivity contribution in [3.63, 3.8) is 0 Å². The Kier molecular flexibility index (Phi) is 13.4. The summed E-state index contributed by atoms with van der Waals surface area (Å²) in [6, 6.07) is 0.933. The van der Waals surface area contributed by atoms with E-state index in [0.29, 0.717) is 19.8 Å². The van der Waals surface area contributed by atoms with Crippen LogP contribution in [0.1, 0.15) is 40.5 Å². The van der Waals surface area contributed by atoms with Gasteiger partial charge in [0.15, 0.2) is 0 Å². The fraction of sp³-hybridized carbons (Fsp3) is 1.00. The molecule has 0 saturated heterocycles. The van der Waals surface area contributed by atoms with E-state index in [9.17, 15) is 0 Å². The predicted octanol–water partition coefficient (Wildman–Crippen LogP) is 4.22. The van der Waals surface area contributed by atoms with Gasteiger partial charge in [-0.3, -0.25) is 0 Å². The summed E-state index contributed by atoms with van der Waals surface area (Å²) >= 11 is 0. The predicted molar refractivity (Wildman–Crippen MR) is 85.3 cm³/mol. The Labute approximate surface area is 121 Å². The highest BCUT2D eigenvalue weighted by Crippen LogP contribution is 2.26. The zero-order valence-electron chi connectivity index (χ0n) is 12.2. The molecule has 0 rings (SSSR count). The molecule has 110 valence electrons. The SMILES string of the molecule is CCCSSCCC[Si](OCC)(OCC)OCC. The van der Waals surface area contributed by atoms with Gasteiger partial charge in [0.1, 0.15) is 0 Å². The van der Waals surface area contributed by atoms with E-state index in [0.717, 1.165) is 18.2 Å². The highest BCUT2D eigenvalue weighted by molar-refractivity contribution is 8.76. The van der Waals surface area contributed by atoms with Crippen molar-refractivity contribution in [2.45, 2.75) is 46.6 Å². The Bertz CT molecular complexity index is 168. The van der Waals surface area contributed by atoms with Crippen molar-refractivity contribution in [1.29, 1.82) is 0 Å². The average Bonchev–Trinajstić information content (AvgIpc) is 2.35. The maximum atomic E-state index is 5.82. The van der Waals surface area contributed by atoms with Gasteiger partial charge in [-0.15, -0.1) is 0 Å². The monoisotopic (exact) mass is 312 g/mol. The zero-order chi connectivity index (χ0) is 13.7. The minimum absolute atomic E-state index is 0.671. The van der Waals surface area contributed by atoms with Gasteiger partial charge in [-0.25, -0.2) is 0 Å². The highest BCUT2D eigenvalue weighted by atomic mass is 33.1. The van der Waals surface area contributed by atoms with Crippen LogP contribution in [-0.2, 0) is 13.3 Å². The van der Waals surface area contributed by atoms with Gasteiger partial charge >= 0.3 is 8.80 Å². The Hall–Kier alpha value is 0.797. The molecule has 6 heteroatoms. The van der Waals surface area contributed by atoms with Gasteiger partial charge in [0, 0.05) is 37.4 Å². The van der Waals surface area contributed by atoms with Gasteiger partial charge in [0.2, 0.25) is 0 Å². The van der Waals surface area contributed by atoms with Crippen molar-refractivity contribution in [3.8, 4) is 0 Å². The van der Waals surface area contributed by atoms with E-state index in [1.165, 1.54) is 12.2 Å². The first-order valence-electron chi connectivity index (χ1n) is 6.90. The van der Waals surface area contributed by atoms with Crippen molar-refractivity contribution in [1.82, 2.24) is 0 Å². The standard InChI is InChI=1S/C12H28O3S2Si/c1-5-10-16-17-11-9-12-18(13-6-2,14-7-3)15-8-4/h5-12H2,1-4H3. The maximum Gasteiger partial charge on any atom is 0.500 e. The van der Waals surface area contributed by atoms with Crippen molar-refractivity contribution in [2.24, 2.45) is 0 Å². The summed E-state index contributed by atoms with van der Waals surface area (Å²) in [7, 11) is 1.51. The maximum absolute atomic E-state index is 5.82. The third kappa shape index (κ3) is 8.82. The molecule has 0 aromatic heterocycles. The third-order valence-electron chi connectivity index (χ3n) is 2.17. The molecule has 0 aliphatic carbocycles. The minimum Gasteiger partial charge on any atom is -0.374 e. The average molecular weight is 313 g/mol. The molecule has 3 nitrogen and oxygen atoms in total. The Morgan fingerprint density at radius 3 is 1.72 bits per heavy atom. The molecule has 0 aliphatic heterocycles. The van der Waals surface area contributed by atoms with Gasteiger partial charge in [-0.2, -0.15) is 0 Å². The van der Waals surface area contributed by atoms with E-state index < -0.39 is 8.80 Å². The third-order valence-corrected chi connectivity index (χ3v) is 8.02. The highest BCUT2D eigenvalue weighted by Gasteiger charge is 2.39. The summed E-state index contributed by atoms with van der Waals surface area (Å²) in [5, 5.41) is 0. The normalized spacial score (nSPS) is 12.0. The summed E-state index contributed by atoms with van der Waals surface area (Å²) in [5.41, 5.74) is 0. The van der Waals surface area contributed by atoms with E-state index in [-0.39, 0.29) is 0 Å². The lowest BCUT2D eigenvalue weighted by molar-refractivity contribution is 0.0712. The number of rotatable bonds is 13. The molecule has 0 bridgehead atoms. The van der Waals surface area contributed by atoms with Gasteiger partial charge in [0.05, 0.1) is 0 Å². The van der Waals surface area contributed by atoms with E-state index >= 15 is 0 Å². The molecule has 0 atom stereocenters. The summed E-state index contributed by atoms with van der Waals surface area (Å²) in [4.78, 5) is 0. The molecule has 0 amide bonds. The summed E-state index contributed by atoms with van der Waals surface area (Å²) < 4.78 is 17.4. The summed E-state index contributed by atoms with van der Waals surface area (Å²) in [6.45, 7) is 10.2. The first-order valence-corrected chi connectivity index (χ1v) is 11.3. The van der Waals surface area contributed by atoms with Crippen molar-refractivity contribution in [2.75, 3.05) is 31.3 Å². The van der Waals surface area contributed by atoms with Crippen LogP contribution in [0.3, 0.4) is 0 Å². The van der Waals surface area contributed by atoms with Crippen LogP contribution < -0.4 is 0 Å². The van der Waals surface area contributed by atoms with E-state index in [1.54, 1.807) is 0 Å². The van der Waals surface area contributed by atoms with Crippen LogP contribution in [0, 0.1) is 0 Å². The Balaban J connectivity index is 3.97. The van der Waals surface area contributed by atoms with Crippen LogP contribution in [0.25, 0.3) is 0 Å². The molecular formula is C12H28O3S2Si. The summed E-state index contributed by atoms with van der Waals surface area (Å²) in [5.74, 6) is 2.38. The van der Waals surface area contributed by atoms with Crippen LogP contribution in [0.2, 0.25) is 6.04 Å². The van der Waals surface area contributed by atoms with Gasteiger partial charge in [-0.1, -0.05) is 28.5 Å². The Morgan fingerprint density at radius 1 is 0.778 bits per heavy atom. The lowest BCUT2D eigenvalue weighted by atomic mass is 10.6. The van der Waals surface area contributed by atoms with Gasteiger partial charge < -0.3 is 13.3 Å². The van der Waals surface area contributed by atoms with Crippen LogP contribution in [0.5, 0.6) is 0 Å². The molecule has 0 saturated carbocycles. The smallest absolute Gasteiger partial charge is 0.374 e. The van der Waals surface area contributed by atoms with Crippen molar-refractivity contribution < 1.29 is 13.3 Å². The molecule has 0 fully saturated rings. The van der Waals surface area contributed by atoms with E-state index in [1.807, 2.05) is 42.4 Å². The molecular weight excluding hydrogens is 284 g/mol. The molecule has 0 aromatic carbocycles. The number of hydrogen-bond acceptors (Lipinski definition) is 5. The lowest BCUT2D eigenvalue weighted by Gasteiger charge is -2.28. The number of hydrogen-bond donors (Lipinski definition) is 0. The molecule has 18 heavy (non-hydrogen) atoms. The second-order valence-corrected chi connectivity index (χ2v) is 9.16. The van der Waals surface area contributed by atoms with Crippen LogP contribution in [0.15, 0.2) is 0 Å². The molecule has 0 aromatic rings. The van der Waals surface area contributed by atoms with E-state index in [2.05, 4.69) is 6.92 Å². The minimum atomic E-state index is -2.39. The second-order valence-electron chi connectivity index (χ2n) is 3.73. The van der Waals surface area contributed by atoms with Crippen molar-refractivity contribution >= 4 is 30.4 Å². The zero-order valence-corrected chi connectivity index (χ0v) is 14.8. The first kappa shape index (κ1) is 18.8. The topological polar surface area (TPSA) is 27.7 Å². The van der Waals surface area contributed by atoms with Crippen LogP contribution >= 0.6 is 21.6 Å². The molecule has 0 unspecified atom stereocenters. The Morgan fingerprint density at radius 2 is 1.28 bits per heavy atom. The second kappa shape index (κ2) is 12.8.